The van der Waals surface area contributed by atoms with Gasteiger partial charge in [0.05, 0.1) is 13.5 Å². The Labute approximate surface area is 233 Å². The molecule has 4 aliphatic rings. The lowest BCUT2D eigenvalue weighted by molar-refractivity contribution is -0.156. The monoisotopic (exact) mass is 555 g/mol. The summed E-state index contributed by atoms with van der Waals surface area (Å²) < 4.78 is 18.2. The van der Waals surface area contributed by atoms with Gasteiger partial charge in [0.15, 0.2) is 17.6 Å². The minimum Gasteiger partial charge on any atom is -0.493 e. The first-order valence-corrected chi connectivity index (χ1v) is 13.7. The van der Waals surface area contributed by atoms with E-state index < -0.39 is 60.4 Å². The number of benzene rings is 1. The van der Waals surface area contributed by atoms with Gasteiger partial charge in [0.1, 0.15) is 18.2 Å². The number of nitrogens with one attached hydrogen (secondary N) is 2. The summed E-state index contributed by atoms with van der Waals surface area (Å²) in [4.78, 5) is 52.0. The molecule has 1 aromatic rings. The third kappa shape index (κ3) is 4.49. The van der Waals surface area contributed by atoms with Crippen LogP contribution in [0.25, 0.3) is 0 Å². The van der Waals surface area contributed by atoms with E-state index in [1.807, 2.05) is 12.1 Å². The molecule has 1 fully saturated rings. The van der Waals surface area contributed by atoms with Gasteiger partial charge in [-0.15, -0.1) is 0 Å². The van der Waals surface area contributed by atoms with Gasteiger partial charge in [0, 0.05) is 29.9 Å². The van der Waals surface area contributed by atoms with Crippen LogP contribution in [-0.4, -0.2) is 84.8 Å². The molecule has 0 radical (unpaired) electrons. The highest BCUT2D eigenvalue weighted by molar-refractivity contribution is 5.92. The van der Waals surface area contributed by atoms with Crippen LogP contribution in [0.2, 0.25) is 0 Å². The molecular formula is C29H37N3O8. The first kappa shape index (κ1) is 27.9. The topological polar surface area (TPSA) is 144 Å². The van der Waals surface area contributed by atoms with Crippen LogP contribution in [0.5, 0.6) is 11.5 Å². The Hall–Kier alpha value is -3.60. The van der Waals surface area contributed by atoms with Crippen molar-refractivity contribution in [3.05, 3.63) is 35.4 Å². The van der Waals surface area contributed by atoms with E-state index in [1.165, 1.54) is 12.5 Å². The lowest BCUT2D eigenvalue weighted by atomic mass is 9.53. The van der Waals surface area contributed by atoms with Crippen LogP contribution in [-0.2, 0) is 35.8 Å². The molecule has 40 heavy (non-hydrogen) atoms. The zero-order valence-electron chi connectivity index (χ0n) is 23.4. The van der Waals surface area contributed by atoms with Crippen molar-refractivity contribution in [1.82, 2.24) is 15.5 Å². The van der Waals surface area contributed by atoms with E-state index in [9.17, 15) is 24.3 Å². The highest BCUT2D eigenvalue weighted by Crippen LogP contribution is 2.62. The van der Waals surface area contributed by atoms with Gasteiger partial charge in [-0.05, 0) is 50.1 Å². The third-order valence-corrected chi connectivity index (χ3v) is 8.90. The normalized spacial score (nSPS) is 29.1. The van der Waals surface area contributed by atoms with Crippen molar-refractivity contribution in [2.75, 3.05) is 20.7 Å². The largest absolute Gasteiger partial charge is 0.493 e. The predicted molar refractivity (Wildman–Crippen MR) is 143 cm³/mol. The summed E-state index contributed by atoms with van der Waals surface area (Å²) >= 11 is 0. The lowest BCUT2D eigenvalue weighted by Gasteiger charge is -2.56. The van der Waals surface area contributed by atoms with Crippen molar-refractivity contribution < 1.29 is 38.5 Å². The number of carboxylic acids is 1. The number of esters is 1. The molecule has 3 unspecified atom stereocenters. The molecule has 11 heteroatoms. The summed E-state index contributed by atoms with van der Waals surface area (Å²) in [5.41, 5.74) is 1.97. The van der Waals surface area contributed by atoms with Crippen molar-refractivity contribution in [2.24, 2.45) is 11.8 Å². The lowest BCUT2D eigenvalue weighted by Crippen LogP contribution is -2.65. The molecule has 2 amide bonds. The number of likely N-dealkylation sites (N-methyl/N-ethyl adjacent to an activating group) is 1. The van der Waals surface area contributed by atoms with Crippen LogP contribution in [0.15, 0.2) is 24.3 Å². The number of piperidine rings is 1. The third-order valence-electron chi connectivity index (χ3n) is 8.90. The van der Waals surface area contributed by atoms with Gasteiger partial charge < -0.3 is 34.9 Å². The van der Waals surface area contributed by atoms with E-state index >= 15 is 0 Å². The Bertz CT molecular complexity index is 1260. The van der Waals surface area contributed by atoms with Crippen molar-refractivity contribution in [3.8, 4) is 11.5 Å². The average Bonchev–Trinajstić information content (AvgIpc) is 3.24. The number of rotatable bonds is 9. The Kier molecular flexibility index (Phi) is 7.28. The van der Waals surface area contributed by atoms with Crippen LogP contribution in [0.1, 0.15) is 44.7 Å². The maximum atomic E-state index is 13.2. The smallest absolute Gasteiger partial charge is 0.326 e. The fourth-order valence-electron chi connectivity index (χ4n) is 7.06. The summed E-state index contributed by atoms with van der Waals surface area (Å²) in [6, 6.07) is 1.85. The molecule has 2 bridgehead atoms. The summed E-state index contributed by atoms with van der Waals surface area (Å²) in [6.07, 6.45) is 4.06. The Morgan fingerprint density at radius 1 is 1.20 bits per heavy atom. The standard InChI is InChI=1S/C29H37N3O8/c1-14(2)24(28(36)37)31-27(35)18(30-15(3)33)13-22(34)39-21-9-7-17-19-12-16-6-8-20(38-5)25-23(16)29(17,26(21)40-25)10-11-32(19)4/h6-9,14,17-19,21,24,26H,10-13H2,1-5H3,(H,30,33)(H,31,35)(H,36,37)/t17?,18?,19-,21+,24?,26+,29+/m1/s1. The molecule has 5 rings (SSSR count). The Balaban J connectivity index is 1.39. The number of likely N-dealkylation sites (tertiary alicyclic amines) is 1. The summed E-state index contributed by atoms with van der Waals surface area (Å²) in [5.74, 6) is -2.09. The molecule has 2 heterocycles. The number of amides is 2. The van der Waals surface area contributed by atoms with Gasteiger partial charge in [-0.2, -0.15) is 0 Å². The molecule has 0 saturated carbocycles. The first-order chi connectivity index (χ1) is 19.0. The molecule has 1 spiro atoms. The number of carboxylic acid groups (broad SMARTS) is 1. The number of ether oxygens (including phenoxy) is 3. The highest BCUT2D eigenvalue weighted by atomic mass is 16.6. The molecule has 2 aliphatic carbocycles. The zero-order chi connectivity index (χ0) is 28.9. The van der Waals surface area contributed by atoms with Crippen LogP contribution >= 0.6 is 0 Å². The van der Waals surface area contributed by atoms with Gasteiger partial charge >= 0.3 is 11.9 Å². The minimum atomic E-state index is -1.29. The zero-order valence-corrected chi connectivity index (χ0v) is 23.4. The van der Waals surface area contributed by atoms with Gasteiger partial charge in [-0.3, -0.25) is 14.4 Å². The SMILES string of the molecule is COc1ccc2c3c1O[C@H]1[C@@H](OC(=O)CC(NC(C)=O)C(=O)NC(C(=O)O)C(C)C)C=CC4[C@@H](C2)N(C)CC[C@@]341. The first-order valence-electron chi connectivity index (χ1n) is 13.7. The molecule has 7 atom stereocenters. The fraction of sp³-hybridized carbons (Fsp3) is 0.586. The summed E-state index contributed by atoms with van der Waals surface area (Å²) in [7, 11) is 3.75. The van der Waals surface area contributed by atoms with E-state index in [2.05, 4.69) is 34.7 Å². The summed E-state index contributed by atoms with van der Waals surface area (Å²) in [6.45, 7) is 5.40. The van der Waals surface area contributed by atoms with Crippen molar-refractivity contribution in [2.45, 2.75) is 75.8 Å². The number of hydrogen-bond donors (Lipinski definition) is 3. The number of carbonyl (C=O) groups excluding carboxylic acids is 3. The molecule has 11 nitrogen and oxygen atoms in total. The maximum absolute atomic E-state index is 13.2. The molecule has 0 aromatic heterocycles. The number of carbonyl (C=O) groups is 4. The highest BCUT2D eigenvalue weighted by Gasteiger charge is 2.65. The van der Waals surface area contributed by atoms with Gasteiger partial charge in [0.25, 0.3) is 0 Å². The molecule has 2 aliphatic heterocycles. The van der Waals surface area contributed by atoms with Crippen LogP contribution < -0.4 is 20.1 Å². The van der Waals surface area contributed by atoms with Gasteiger partial charge in [-0.25, -0.2) is 4.79 Å². The van der Waals surface area contributed by atoms with Crippen molar-refractivity contribution in [3.63, 3.8) is 0 Å². The number of nitrogens with zero attached hydrogens (tertiary/aromatic N) is 1. The van der Waals surface area contributed by atoms with Crippen LogP contribution in [0, 0.1) is 11.8 Å². The number of hydrogen-bond acceptors (Lipinski definition) is 8. The molecular weight excluding hydrogens is 518 g/mol. The Morgan fingerprint density at radius 3 is 2.60 bits per heavy atom. The van der Waals surface area contributed by atoms with E-state index in [-0.39, 0.29) is 17.4 Å². The predicted octanol–water partition coefficient (Wildman–Crippen LogP) is 1.17. The number of aliphatic carboxylic acids is 1. The quantitative estimate of drug-likeness (QED) is 0.302. The van der Waals surface area contributed by atoms with E-state index in [1.54, 1.807) is 21.0 Å². The fourth-order valence-corrected chi connectivity index (χ4v) is 7.06. The van der Waals surface area contributed by atoms with E-state index in [0.29, 0.717) is 11.5 Å². The average molecular weight is 556 g/mol. The maximum Gasteiger partial charge on any atom is 0.326 e. The van der Waals surface area contributed by atoms with Gasteiger partial charge in [0.2, 0.25) is 11.8 Å². The molecule has 3 N–H and O–H groups in total. The minimum absolute atomic E-state index is 0.175. The van der Waals surface area contributed by atoms with Crippen molar-refractivity contribution in [1.29, 1.82) is 0 Å². The second-order valence-electron chi connectivity index (χ2n) is 11.6. The van der Waals surface area contributed by atoms with E-state index in [0.717, 1.165) is 24.9 Å². The van der Waals surface area contributed by atoms with E-state index in [4.69, 9.17) is 14.2 Å². The molecule has 1 aromatic carbocycles. The van der Waals surface area contributed by atoms with Crippen LogP contribution in [0.3, 0.4) is 0 Å². The summed E-state index contributed by atoms with van der Waals surface area (Å²) in [5, 5.41) is 14.3. The number of methoxy groups -OCH3 is 1. The molecule has 216 valence electrons. The van der Waals surface area contributed by atoms with Crippen LogP contribution in [0.4, 0.5) is 0 Å². The second-order valence-corrected chi connectivity index (χ2v) is 11.6. The van der Waals surface area contributed by atoms with Gasteiger partial charge in [-0.1, -0.05) is 26.0 Å². The molecule has 1 saturated heterocycles. The second kappa shape index (κ2) is 10.4. The van der Waals surface area contributed by atoms with Crippen molar-refractivity contribution >= 4 is 23.8 Å². The Morgan fingerprint density at radius 2 is 1.95 bits per heavy atom.